The highest BCUT2D eigenvalue weighted by Crippen LogP contribution is 2.22. The predicted molar refractivity (Wildman–Crippen MR) is 117 cm³/mol. The van der Waals surface area contributed by atoms with Crippen molar-refractivity contribution in [2.75, 3.05) is 18.4 Å². The summed E-state index contributed by atoms with van der Waals surface area (Å²) < 4.78 is 26.9. The molecule has 9 heteroatoms. The van der Waals surface area contributed by atoms with E-state index in [0.717, 1.165) is 24.8 Å². The Balaban J connectivity index is 1.64. The Hall–Kier alpha value is -2.96. The highest BCUT2D eigenvalue weighted by Gasteiger charge is 2.25. The minimum absolute atomic E-state index is 0.0616. The second-order valence-corrected chi connectivity index (χ2v) is 9.64. The number of nitrogens with zero attached hydrogens (tertiary/aromatic N) is 2. The van der Waals surface area contributed by atoms with Crippen LogP contribution in [0.15, 0.2) is 34.0 Å². The number of piperidine rings is 1. The van der Waals surface area contributed by atoms with Gasteiger partial charge in [0.15, 0.2) is 0 Å². The summed E-state index contributed by atoms with van der Waals surface area (Å²) in [5, 5.41) is 11.9. The Kier molecular flexibility index (Phi) is 6.93. The fourth-order valence-corrected chi connectivity index (χ4v) is 5.36. The molecule has 1 amide bonds. The molecule has 0 atom stereocenters. The van der Waals surface area contributed by atoms with Gasteiger partial charge in [0.2, 0.25) is 15.9 Å². The maximum Gasteiger partial charge on any atom is 0.266 e. The lowest BCUT2D eigenvalue weighted by Crippen LogP contribution is -2.35. The molecule has 0 unspecified atom stereocenters. The van der Waals surface area contributed by atoms with Crippen LogP contribution in [0.2, 0.25) is 0 Å². The van der Waals surface area contributed by atoms with Gasteiger partial charge in [0, 0.05) is 30.9 Å². The molecule has 8 nitrogen and oxygen atoms in total. The van der Waals surface area contributed by atoms with Crippen LogP contribution in [0.25, 0.3) is 0 Å². The van der Waals surface area contributed by atoms with Gasteiger partial charge in [-0.2, -0.15) is 9.57 Å². The first kappa shape index (κ1) is 22.7. The van der Waals surface area contributed by atoms with Crippen molar-refractivity contribution in [2.45, 2.75) is 50.8 Å². The van der Waals surface area contributed by atoms with Gasteiger partial charge >= 0.3 is 0 Å². The number of rotatable bonds is 6. The second kappa shape index (κ2) is 9.45. The van der Waals surface area contributed by atoms with E-state index in [1.165, 1.54) is 16.4 Å². The molecule has 164 valence electrons. The highest BCUT2D eigenvalue weighted by atomic mass is 32.2. The monoisotopic (exact) mass is 442 g/mol. The largest absolute Gasteiger partial charge is 0.326 e. The van der Waals surface area contributed by atoms with Crippen LogP contribution in [0.5, 0.6) is 0 Å². The number of nitrogens with one attached hydrogen (secondary N) is 2. The van der Waals surface area contributed by atoms with Gasteiger partial charge < -0.3 is 10.3 Å². The molecule has 1 aromatic carbocycles. The number of aromatic amines is 1. The zero-order chi connectivity index (χ0) is 22.6. The normalized spacial score (nSPS) is 14.7. The number of aromatic nitrogens is 1. The second-order valence-electron chi connectivity index (χ2n) is 7.71. The summed E-state index contributed by atoms with van der Waals surface area (Å²) in [5.74, 6) is -0.241. The molecule has 1 aliphatic heterocycles. The first-order valence-corrected chi connectivity index (χ1v) is 11.7. The van der Waals surface area contributed by atoms with Gasteiger partial charge in [-0.1, -0.05) is 6.42 Å². The maximum absolute atomic E-state index is 12.7. The molecule has 1 aromatic heterocycles. The number of pyridine rings is 1. The standard InChI is InChI=1S/C22H26N4O4S/c1-15-19(16(2)24-22(28)20(15)14-23)10-11-21(27)25-17-6-8-18(9-7-17)31(29,30)26-12-4-3-5-13-26/h6-9H,3-5,10-13H2,1-2H3,(H,24,28)(H,25,27). The van der Waals surface area contributed by atoms with Gasteiger partial charge in [-0.05, 0) is 68.5 Å². The molecule has 0 bridgehead atoms. The summed E-state index contributed by atoms with van der Waals surface area (Å²) >= 11 is 0. The summed E-state index contributed by atoms with van der Waals surface area (Å²) in [7, 11) is -3.51. The molecule has 2 aromatic rings. The number of hydrogen-bond acceptors (Lipinski definition) is 5. The molecule has 0 saturated carbocycles. The third-order valence-corrected chi connectivity index (χ3v) is 7.53. The van der Waals surface area contributed by atoms with Crippen molar-refractivity contribution in [3.63, 3.8) is 0 Å². The van der Waals surface area contributed by atoms with Crippen molar-refractivity contribution >= 4 is 21.6 Å². The lowest BCUT2D eigenvalue weighted by atomic mass is 9.99. The Labute approximate surface area is 182 Å². The average molecular weight is 443 g/mol. The van der Waals surface area contributed by atoms with E-state index in [1.807, 2.05) is 6.07 Å². The Morgan fingerprint density at radius 2 is 1.81 bits per heavy atom. The molecule has 31 heavy (non-hydrogen) atoms. The van der Waals surface area contributed by atoms with Crippen molar-refractivity contribution in [2.24, 2.45) is 0 Å². The van der Waals surface area contributed by atoms with E-state index < -0.39 is 15.6 Å². The van der Waals surface area contributed by atoms with Gasteiger partial charge in [0.05, 0.1) is 4.90 Å². The SMILES string of the molecule is Cc1[nH]c(=O)c(C#N)c(C)c1CCC(=O)Nc1ccc(S(=O)(=O)N2CCCCC2)cc1. The molecular formula is C22H26N4O4S. The zero-order valence-corrected chi connectivity index (χ0v) is 18.5. The zero-order valence-electron chi connectivity index (χ0n) is 17.7. The van der Waals surface area contributed by atoms with Crippen molar-refractivity contribution in [3.05, 3.63) is 57.0 Å². The molecule has 3 rings (SSSR count). The van der Waals surface area contributed by atoms with Gasteiger partial charge in [0.25, 0.3) is 5.56 Å². The van der Waals surface area contributed by atoms with E-state index in [2.05, 4.69) is 10.3 Å². The van der Waals surface area contributed by atoms with Crippen molar-refractivity contribution in [3.8, 4) is 6.07 Å². The molecular weight excluding hydrogens is 416 g/mol. The van der Waals surface area contributed by atoms with Crippen LogP contribution in [0.3, 0.4) is 0 Å². The molecule has 1 saturated heterocycles. The molecule has 0 aliphatic carbocycles. The number of sulfonamides is 1. The minimum atomic E-state index is -3.51. The van der Waals surface area contributed by atoms with E-state index in [-0.39, 0.29) is 22.8 Å². The average Bonchev–Trinajstić information content (AvgIpc) is 2.74. The van der Waals surface area contributed by atoms with Crippen molar-refractivity contribution in [1.29, 1.82) is 5.26 Å². The fraction of sp³-hybridized carbons (Fsp3) is 0.409. The van der Waals surface area contributed by atoms with Crippen LogP contribution in [0.1, 0.15) is 48.1 Å². The molecule has 2 N–H and O–H groups in total. The molecule has 0 spiro atoms. The lowest BCUT2D eigenvalue weighted by molar-refractivity contribution is -0.116. The van der Waals surface area contributed by atoms with E-state index in [1.54, 1.807) is 26.0 Å². The summed E-state index contributed by atoms with van der Waals surface area (Å²) in [6.45, 7) is 4.52. The van der Waals surface area contributed by atoms with Crippen LogP contribution < -0.4 is 10.9 Å². The lowest BCUT2D eigenvalue weighted by Gasteiger charge is -2.25. The van der Waals surface area contributed by atoms with Crippen LogP contribution >= 0.6 is 0 Å². The van der Waals surface area contributed by atoms with Crippen molar-refractivity contribution < 1.29 is 13.2 Å². The maximum atomic E-state index is 12.7. The van der Waals surface area contributed by atoms with E-state index in [0.29, 0.717) is 36.5 Å². The molecule has 1 fully saturated rings. The Morgan fingerprint density at radius 1 is 1.16 bits per heavy atom. The number of amides is 1. The van der Waals surface area contributed by atoms with E-state index in [9.17, 15) is 18.0 Å². The van der Waals surface area contributed by atoms with Crippen molar-refractivity contribution in [1.82, 2.24) is 9.29 Å². The number of aryl methyl sites for hydroxylation is 1. The fourth-order valence-electron chi connectivity index (χ4n) is 3.85. The van der Waals surface area contributed by atoms with Gasteiger partial charge in [0.1, 0.15) is 11.6 Å². The van der Waals surface area contributed by atoms with Crippen LogP contribution in [0, 0.1) is 25.2 Å². The summed E-state index contributed by atoms with van der Waals surface area (Å²) in [4.78, 5) is 27.1. The highest BCUT2D eigenvalue weighted by molar-refractivity contribution is 7.89. The summed E-state index contributed by atoms with van der Waals surface area (Å²) in [6.07, 6.45) is 3.32. The number of H-pyrrole nitrogens is 1. The Morgan fingerprint density at radius 3 is 2.42 bits per heavy atom. The number of anilines is 1. The summed E-state index contributed by atoms with van der Waals surface area (Å²) in [5.41, 5.74) is 2.15. The smallest absolute Gasteiger partial charge is 0.266 e. The molecule has 2 heterocycles. The van der Waals surface area contributed by atoms with Gasteiger partial charge in [-0.3, -0.25) is 9.59 Å². The topological polar surface area (TPSA) is 123 Å². The molecule has 1 aliphatic rings. The van der Waals surface area contributed by atoms with Crippen LogP contribution in [-0.2, 0) is 21.2 Å². The quantitative estimate of drug-likeness (QED) is 0.712. The van der Waals surface area contributed by atoms with Crippen LogP contribution in [-0.4, -0.2) is 36.7 Å². The van der Waals surface area contributed by atoms with Gasteiger partial charge in [-0.15, -0.1) is 0 Å². The number of carbonyl (C=O) groups excluding carboxylic acids is 1. The van der Waals surface area contributed by atoms with Crippen LogP contribution in [0.4, 0.5) is 5.69 Å². The van der Waals surface area contributed by atoms with E-state index in [4.69, 9.17) is 5.26 Å². The van der Waals surface area contributed by atoms with E-state index >= 15 is 0 Å². The first-order chi connectivity index (χ1) is 14.7. The predicted octanol–water partition coefficient (Wildman–Crippen LogP) is 2.61. The number of benzene rings is 1. The third-order valence-electron chi connectivity index (χ3n) is 5.61. The molecule has 0 radical (unpaired) electrons. The minimum Gasteiger partial charge on any atom is -0.326 e. The third kappa shape index (κ3) is 5.03. The number of nitriles is 1. The number of carbonyl (C=O) groups is 1. The Bertz CT molecular complexity index is 1170. The summed E-state index contributed by atoms with van der Waals surface area (Å²) in [6, 6.07) is 8.09. The first-order valence-electron chi connectivity index (χ1n) is 10.3. The number of hydrogen-bond donors (Lipinski definition) is 2. The van der Waals surface area contributed by atoms with Gasteiger partial charge in [-0.25, -0.2) is 8.42 Å².